The van der Waals surface area contributed by atoms with Crippen LogP contribution < -0.4 is 26.0 Å². The number of nitrogens with one attached hydrogen (secondary N) is 2. The molecule has 1 atom stereocenters. The molecule has 4 aliphatic rings. The molecular weight excluding hydrogens is 695 g/mol. The van der Waals surface area contributed by atoms with E-state index in [4.69, 9.17) is 9.97 Å². The molecule has 55 heavy (non-hydrogen) atoms. The minimum atomic E-state index is -0.257. The van der Waals surface area contributed by atoms with Crippen LogP contribution in [0.3, 0.4) is 0 Å². The molecule has 13 heteroatoms. The van der Waals surface area contributed by atoms with E-state index in [1.807, 2.05) is 24.4 Å². The van der Waals surface area contributed by atoms with Crippen LogP contribution >= 0.6 is 0 Å². The normalized spacial score (nSPS) is 20.3. The first-order valence-electron chi connectivity index (χ1n) is 20.0. The van der Waals surface area contributed by atoms with Gasteiger partial charge in [-0.1, -0.05) is 25.0 Å². The van der Waals surface area contributed by atoms with Gasteiger partial charge in [-0.25, -0.2) is 9.97 Å². The van der Waals surface area contributed by atoms with E-state index >= 15 is 0 Å². The minimum absolute atomic E-state index is 0.0281. The Morgan fingerprint density at radius 3 is 2.22 bits per heavy atom. The van der Waals surface area contributed by atoms with Gasteiger partial charge in [0.25, 0.3) is 5.56 Å². The highest BCUT2D eigenvalue weighted by molar-refractivity contribution is 6.01. The zero-order valence-corrected chi connectivity index (χ0v) is 31.9. The second kappa shape index (κ2) is 15.9. The van der Waals surface area contributed by atoms with Crippen LogP contribution in [0.2, 0.25) is 0 Å². The number of hydrogen-bond donors (Lipinski definition) is 2. The molecule has 6 heterocycles. The topological polar surface area (TPSA) is 146 Å². The van der Waals surface area contributed by atoms with E-state index in [0.717, 1.165) is 101 Å². The maximum Gasteiger partial charge on any atom is 0.263 e. The smallest absolute Gasteiger partial charge is 0.263 e. The van der Waals surface area contributed by atoms with Gasteiger partial charge in [-0.05, 0) is 100 Å². The Morgan fingerprint density at radius 1 is 0.836 bits per heavy atom. The average Bonchev–Trinajstić information content (AvgIpc) is 3.73. The number of carbonyl (C=O) groups excluding carboxylic acids is 3. The Balaban J connectivity index is 0.808. The number of rotatable bonds is 10. The molecule has 3 saturated heterocycles. The number of piperazine rings is 1. The predicted octanol–water partition coefficient (Wildman–Crippen LogP) is 5.51. The largest absolute Gasteiger partial charge is 0.370 e. The van der Waals surface area contributed by atoms with Crippen LogP contribution in [-0.4, -0.2) is 87.8 Å². The molecular formula is C42H51N9O4. The molecule has 13 nitrogen and oxygen atoms in total. The number of amides is 2. The molecule has 1 saturated carbocycles. The Bertz CT molecular complexity index is 2110. The third-order valence-electron chi connectivity index (χ3n) is 12.3. The fraction of sp³-hybridized carbons (Fsp3) is 0.500. The third kappa shape index (κ3) is 7.85. The fourth-order valence-corrected chi connectivity index (χ4v) is 9.07. The Kier molecular flexibility index (Phi) is 10.6. The van der Waals surface area contributed by atoms with Crippen molar-refractivity contribution in [3.8, 4) is 0 Å². The number of aryl methyl sites for hydroxylation is 1. The number of imide groups is 1. The molecule has 1 aromatic carbocycles. The number of Topliss-reactive ketones (excluding diaryl/α,β-unsaturated/α-hetero) is 1. The molecule has 0 bridgehead atoms. The van der Waals surface area contributed by atoms with E-state index < -0.39 is 0 Å². The summed E-state index contributed by atoms with van der Waals surface area (Å²) in [5.41, 5.74) is 4.44. The molecule has 1 aliphatic carbocycles. The first-order chi connectivity index (χ1) is 26.7. The van der Waals surface area contributed by atoms with E-state index in [1.165, 1.54) is 19.0 Å². The lowest BCUT2D eigenvalue weighted by Crippen LogP contribution is -2.47. The molecule has 3 aliphatic heterocycles. The van der Waals surface area contributed by atoms with E-state index in [2.05, 4.69) is 48.5 Å². The van der Waals surface area contributed by atoms with Crippen molar-refractivity contribution in [1.82, 2.24) is 29.7 Å². The van der Waals surface area contributed by atoms with Gasteiger partial charge < -0.3 is 15.1 Å². The molecule has 8 rings (SSSR count). The van der Waals surface area contributed by atoms with Gasteiger partial charge in [-0.2, -0.15) is 4.98 Å². The highest BCUT2D eigenvalue weighted by Crippen LogP contribution is 2.33. The number of benzene rings is 1. The standard InChI is InChI=1S/C42H51N9O4/c1-27-35-26-44-42(47-39(35)51(32-5-3-4-6-32)41(55)38(27)28(2)52)45-36-13-11-33(25-43-36)49-19-16-29(17-20-49)15-18-48-21-23-50(24-22-48)31-9-7-30(8-10-31)34-12-14-37(53)46-40(34)54/h7-11,13,25-26,29,32,34H,3-6,12,14-24H2,1-2H3,(H,46,53,54)(H,43,44,45,47)/t34-/m1/s1. The number of hydrogen-bond acceptors (Lipinski definition) is 11. The zero-order chi connectivity index (χ0) is 38.1. The number of pyridine rings is 2. The van der Waals surface area contributed by atoms with Gasteiger partial charge in [-0.15, -0.1) is 0 Å². The molecule has 2 N–H and O–H groups in total. The number of aromatic nitrogens is 4. The van der Waals surface area contributed by atoms with Crippen LogP contribution in [-0.2, 0) is 9.59 Å². The van der Waals surface area contributed by atoms with E-state index in [0.29, 0.717) is 41.7 Å². The van der Waals surface area contributed by atoms with Gasteiger partial charge in [0.15, 0.2) is 5.78 Å². The van der Waals surface area contributed by atoms with Crippen LogP contribution in [0.15, 0.2) is 53.6 Å². The van der Waals surface area contributed by atoms with Crippen LogP contribution in [0.1, 0.15) is 98.2 Å². The molecule has 4 fully saturated rings. The Labute approximate surface area is 321 Å². The second-order valence-electron chi connectivity index (χ2n) is 15.8. The molecule has 0 unspecified atom stereocenters. The van der Waals surface area contributed by atoms with Gasteiger partial charge in [-0.3, -0.25) is 34.0 Å². The zero-order valence-electron chi connectivity index (χ0n) is 31.9. The quantitative estimate of drug-likeness (QED) is 0.157. The molecule has 0 radical (unpaired) electrons. The van der Waals surface area contributed by atoms with Crippen LogP contribution in [0.4, 0.5) is 23.1 Å². The first kappa shape index (κ1) is 36.8. The molecule has 3 aromatic heterocycles. The van der Waals surface area contributed by atoms with Crippen LogP contribution in [0.25, 0.3) is 11.0 Å². The number of ketones is 1. The number of piperidine rings is 2. The van der Waals surface area contributed by atoms with Crippen molar-refractivity contribution in [2.24, 2.45) is 5.92 Å². The summed E-state index contributed by atoms with van der Waals surface area (Å²) in [6.07, 6.45) is 12.0. The summed E-state index contributed by atoms with van der Waals surface area (Å²) in [4.78, 5) is 71.3. The summed E-state index contributed by atoms with van der Waals surface area (Å²) >= 11 is 0. The van der Waals surface area contributed by atoms with E-state index in [9.17, 15) is 19.2 Å². The summed E-state index contributed by atoms with van der Waals surface area (Å²) in [7, 11) is 0. The van der Waals surface area contributed by atoms with E-state index in [1.54, 1.807) is 17.7 Å². The van der Waals surface area contributed by atoms with Gasteiger partial charge in [0.05, 0.1) is 23.4 Å². The highest BCUT2D eigenvalue weighted by atomic mass is 16.2. The minimum Gasteiger partial charge on any atom is -0.370 e. The molecule has 4 aromatic rings. The molecule has 288 valence electrons. The summed E-state index contributed by atoms with van der Waals surface area (Å²) in [6.45, 7) is 10.5. The lowest BCUT2D eigenvalue weighted by Gasteiger charge is -2.38. The van der Waals surface area contributed by atoms with Crippen molar-refractivity contribution >= 4 is 51.8 Å². The van der Waals surface area contributed by atoms with Gasteiger partial charge in [0.2, 0.25) is 17.8 Å². The van der Waals surface area contributed by atoms with Crippen LogP contribution in [0, 0.1) is 12.8 Å². The summed E-state index contributed by atoms with van der Waals surface area (Å²) in [6, 6.07) is 12.4. The van der Waals surface area contributed by atoms with Crippen molar-refractivity contribution in [1.29, 1.82) is 0 Å². The number of fused-ring (bicyclic) bond motifs is 1. The average molecular weight is 746 g/mol. The molecule has 2 amide bonds. The van der Waals surface area contributed by atoms with Crippen molar-refractivity contribution in [3.63, 3.8) is 0 Å². The van der Waals surface area contributed by atoms with Gasteiger partial charge in [0.1, 0.15) is 11.5 Å². The van der Waals surface area contributed by atoms with Crippen molar-refractivity contribution in [2.75, 3.05) is 60.9 Å². The van der Waals surface area contributed by atoms with Crippen molar-refractivity contribution in [2.45, 2.75) is 83.6 Å². The van der Waals surface area contributed by atoms with E-state index in [-0.39, 0.29) is 40.7 Å². The van der Waals surface area contributed by atoms with Crippen molar-refractivity contribution in [3.05, 3.63) is 75.8 Å². The first-order valence-corrected chi connectivity index (χ1v) is 20.0. The SMILES string of the molecule is CC(=O)c1c(C)c2cnc(Nc3ccc(N4CCC(CCN5CCN(c6ccc([C@H]7CCC(=O)NC7=O)cc6)CC5)CC4)cn3)nc2n(C2CCCC2)c1=O. The maximum atomic E-state index is 13.6. The van der Waals surface area contributed by atoms with Crippen molar-refractivity contribution < 1.29 is 14.4 Å². The predicted molar refractivity (Wildman–Crippen MR) is 213 cm³/mol. The lowest BCUT2D eigenvalue weighted by atomic mass is 9.90. The van der Waals surface area contributed by atoms with Gasteiger partial charge >= 0.3 is 0 Å². The number of nitrogens with zero attached hydrogens (tertiary/aromatic N) is 7. The summed E-state index contributed by atoms with van der Waals surface area (Å²) in [5, 5.41) is 6.43. The second-order valence-corrected chi connectivity index (χ2v) is 15.8. The van der Waals surface area contributed by atoms with Crippen LogP contribution in [0.5, 0.6) is 0 Å². The maximum absolute atomic E-state index is 13.6. The molecule has 0 spiro atoms. The fourth-order valence-electron chi connectivity index (χ4n) is 9.07. The van der Waals surface area contributed by atoms with Gasteiger partial charge in [0, 0.05) is 69.0 Å². The lowest BCUT2D eigenvalue weighted by molar-refractivity contribution is -0.134. The third-order valence-corrected chi connectivity index (χ3v) is 12.3. The number of carbonyl (C=O) groups is 3. The number of anilines is 4. The highest BCUT2D eigenvalue weighted by Gasteiger charge is 2.29. The monoisotopic (exact) mass is 745 g/mol. The summed E-state index contributed by atoms with van der Waals surface area (Å²) < 4.78 is 1.73. The Morgan fingerprint density at radius 2 is 1.55 bits per heavy atom. The summed E-state index contributed by atoms with van der Waals surface area (Å²) in [5.74, 6) is 0.882. The Hall–Kier alpha value is -5.17.